The molecule has 2 aromatic heterocycles. The molecule has 10 heteroatoms. The molecule has 0 aliphatic heterocycles. The maximum atomic E-state index is 13.1. The van der Waals surface area contributed by atoms with E-state index in [4.69, 9.17) is 0 Å². The third kappa shape index (κ3) is 5.17. The molecule has 1 atom stereocenters. The number of nitrogens with one attached hydrogen (secondary N) is 1. The van der Waals surface area contributed by atoms with Crippen molar-refractivity contribution < 1.29 is 18.0 Å². The number of amides is 1. The van der Waals surface area contributed by atoms with Crippen LogP contribution in [-0.2, 0) is 17.4 Å². The highest BCUT2D eigenvalue weighted by Gasteiger charge is 2.31. The molecule has 166 valence electrons. The highest BCUT2D eigenvalue weighted by atomic mass is 32.2. The zero-order valence-electron chi connectivity index (χ0n) is 17.7. The minimum absolute atomic E-state index is 0.0498. The van der Waals surface area contributed by atoms with Gasteiger partial charge >= 0.3 is 6.18 Å². The maximum Gasteiger partial charge on any atom is 0.416 e. The standard InChI is InChI=1S/C21H24F3N5OS/c1-5-7-17(14-8-6-9-15(10-14)21(22,23)24)26-18(30)11-16-12(2)25-19-27-20(31-4)28-29(19)13(16)3/h6,8-10,17H,5,7,11H2,1-4H3,(H,26,30). The lowest BCUT2D eigenvalue weighted by atomic mass is 9.99. The molecular formula is C21H24F3N5OS. The molecule has 0 spiro atoms. The summed E-state index contributed by atoms with van der Waals surface area (Å²) in [6.07, 6.45) is -1.27. The number of thioether (sulfide) groups is 1. The minimum Gasteiger partial charge on any atom is -0.349 e. The first kappa shape index (κ1) is 23.1. The summed E-state index contributed by atoms with van der Waals surface area (Å²) in [4.78, 5) is 21.6. The molecule has 1 N–H and O–H groups in total. The number of alkyl halides is 3. The van der Waals surface area contributed by atoms with E-state index in [1.54, 1.807) is 17.5 Å². The van der Waals surface area contributed by atoms with Gasteiger partial charge in [-0.15, -0.1) is 5.10 Å². The summed E-state index contributed by atoms with van der Waals surface area (Å²) < 4.78 is 40.9. The van der Waals surface area contributed by atoms with Gasteiger partial charge in [-0.05, 0) is 44.2 Å². The molecule has 0 aliphatic carbocycles. The maximum absolute atomic E-state index is 13.1. The van der Waals surface area contributed by atoms with Crippen LogP contribution in [0.3, 0.4) is 0 Å². The largest absolute Gasteiger partial charge is 0.416 e. The number of rotatable bonds is 7. The SMILES string of the molecule is CCCC(NC(=O)Cc1c(C)nc2nc(SC)nn2c1C)c1cccc(C(F)(F)F)c1. The molecule has 0 radical (unpaired) electrons. The fraction of sp³-hybridized carbons (Fsp3) is 0.429. The predicted octanol–water partition coefficient (Wildman–Crippen LogP) is 4.68. The van der Waals surface area contributed by atoms with Crippen LogP contribution in [0.2, 0.25) is 0 Å². The zero-order chi connectivity index (χ0) is 22.8. The summed E-state index contributed by atoms with van der Waals surface area (Å²) in [5.74, 6) is 0.185. The zero-order valence-corrected chi connectivity index (χ0v) is 18.6. The number of carbonyl (C=O) groups excluding carboxylic acids is 1. The van der Waals surface area contributed by atoms with E-state index in [1.807, 2.05) is 20.1 Å². The van der Waals surface area contributed by atoms with Crippen LogP contribution >= 0.6 is 11.8 Å². The average molecular weight is 452 g/mol. The van der Waals surface area contributed by atoms with Gasteiger partial charge in [0.15, 0.2) is 0 Å². The monoisotopic (exact) mass is 451 g/mol. The molecule has 0 saturated carbocycles. The van der Waals surface area contributed by atoms with E-state index < -0.39 is 17.8 Å². The number of hydrogen-bond donors (Lipinski definition) is 1. The van der Waals surface area contributed by atoms with Crippen LogP contribution in [0.1, 0.15) is 53.9 Å². The minimum atomic E-state index is -4.43. The summed E-state index contributed by atoms with van der Waals surface area (Å²) >= 11 is 1.40. The third-order valence-corrected chi connectivity index (χ3v) is 5.62. The molecule has 0 saturated heterocycles. The molecule has 0 aliphatic rings. The summed E-state index contributed by atoms with van der Waals surface area (Å²) in [5.41, 5.74) is 1.87. The fourth-order valence-electron chi connectivity index (χ4n) is 3.48. The van der Waals surface area contributed by atoms with Crippen LogP contribution in [0.15, 0.2) is 29.4 Å². The van der Waals surface area contributed by atoms with Crippen LogP contribution in [0.25, 0.3) is 5.78 Å². The molecule has 3 aromatic rings. The van der Waals surface area contributed by atoms with Gasteiger partial charge in [0.2, 0.25) is 11.1 Å². The van der Waals surface area contributed by atoms with Crippen molar-refractivity contribution in [1.29, 1.82) is 0 Å². The fourth-order valence-corrected chi connectivity index (χ4v) is 3.82. The van der Waals surface area contributed by atoms with Gasteiger partial charge in [-0.3, -0.25) is 4.79 Å². The van der Waals surface area contributed by atoms with Crippen LogP contribution in [0, 0.1) is 13.8 Å². The number of halogens is 3. The first-order chi connectivity index (χ1) is 14.6. The van der Waals surface area contributed by atoms with Gasteiger partial charge in [0, 0.05) is 17.0 Å². The van der Waals surface area contributed by atoms with E-state index in [0.717, 1.165) is 23.4 Å². The number of hydrogen-bond acceptors (Lipinski definition) is 5. The molecule has 2 heterocycles. The number of carbonyl (C=O) groups is 1. The molecule has 6 nitrogen and oxygen atoms in total. The Balaban J connectivity index is 1.84. The summed E-state index contributed by atoms with van der Waals surface area (Å²) in [7, 11) is 0. The lowest BCUT2D eigenvalue weighted by Crippen LogP contribution is -2.30. The Morgan fingerprint density at radius 3 is 2.65 bits per heavy atom. The number of aryl methyl sites for hydroxylation is 2. The van der Waals surface area contributed by atoms with Gasteiger partial charge in [-0.1, -0.05) is 37.2 Å². The van der Waals surface area contributed by atoms with E-state index in [0.29, 0.717) is 35.0 Å². The normalized spacial score (nSPS) is 12.9. The Labute approximate surface area is 182 Å². The van der Waals surface area contributed by atoms with Crippen LogP contribution in [-0.4, -0.2) is 31.7 Å². The second kappa shape index (κ2) is 9.25. The first-order valence-electron chi connectivity index (χ1n) is 9.87. The number of aromatic nitrogens is 4. The Kier molecular flexibility index (Phi) is 6.88. The molecule has 0 bridgehead atoms. The van der Waals surface area contributed by atoms with E-state index in [9.17, 15) is 18.0 Å². The van der Waals surface area contributed by atoms with Gasteiger partial charge in [0.05, 0.1) is 18.0 Å². The van der Waals surface area contributed by atoms with Crippen LogP contribution in [0.4, 0.5) is 13.2 Å². The van der Waals surface area contributed by atoms with Gasteiger partial charge in [0.25, 0.3) is 5.78 Å². The quantitative estimate of drug-likeness (QED) is 0.528. The second-order valence-electron chi connectivity index (χ2n) is 7.28. The van der Waals surface area contributed by atoms with E-state index in [1.165, 1.54) is 17.8 Å². The Morgan fingerprint density at radius 2 is 2.00 bits per heavy atom. The van der Waals surface area contributed by atoms with Crippen LogP contribution in [0.5, 0.6) is 0 Å². The van der Waals surface area contributed by atoms with Crippen molar-refractivity contribution in [2.45, 2.75) is 57.4 Å². The highest BCUT2D eigenvalue weighted by molar-refractivity contribution is 7.98. The number of benzene rings is 1. The van der Waals surface area contributed by atoms with Crippen LogP contribution < -0.4 is 5.32 Å². The Bertz CT molecular complexity index is 1100. The van der Waals surface area contributed by atoms with E-state index >= 15 is 0 Å². The molecule has 31 heavy (non-hydrogen) atoms. The molecular weight excluding hydrogens is 427 g/mol. The van der Waals surface area contributed by atoms with Crippen molar-refractivity contribution in [2.24, 2.45) is 0 Å². The third-order valence-electron chi connectivity index (χ3n) is 5.08. The van der Waals surface area contributed by atoms with E-state index in [2.05, 4.69) is 20.4 Å². The van der Waals surface area contributed by atoms with Gasteiger partial charge < -0.3 is 5.32 Å². The number of nitrogens with zero attached hydrogens (tertiary/aromatic N) is 4. The topological polar surface area (TPSA) is 72.2 Å². The number of fused-ring (bicyclic) bond motifs is 1. The van der Waals surface area contributed by atoms with E-state index in [-0.39, 0.29) is 12.3 Å². The summed E-state index contributed by atoms with van der Waals surface area (Å²) in [6, 6.07) is 4.60. The molecule has 1 amide bonds. The molecule has 0 fully saturated rings. The second-order valence-corrected chi connectivity index (χ2v) is 8.05. The lowest BCUT2D eigenvalue weighted by molar-refractivity contribution is -0.137. The van der Waals surface area contributed by atoms with Gasteiger partial charge in [-0.25, -0.2) is 9.50 Å². The summed E-state index contributed by atoms with van der Waals surface area (Å²) in [5, 5.41) is 7.86. The van der Waals surface area contributed by atoms with Crippen molar-refractivity contribution >= 4 is 23.4 Å². The molecule has 1 aromatic carbocycles. The van der Waals surface area contributed by atoms with Crippen molar-refractivity contribution in [3.63, 3.8) is 0 Å². The highest BCUT2D eigenvalue weighted by Crippen LogP contribution is 2.31. The first-order valence-corrected chi connectivity index (χ1v) is 11.1. The van der Waals surface area contributed by atoms with Crippen molar-refractivity contribution in [3.8, 4) is 0 Å². The van der Waals surface area contributed by atoms with Crippen molar-refractivity contribution in [1.82, 2.24) is 24.9 Å². The molecule has 1 unspecified atom stereocenters. The lowest BCUT2D eigenvalue weighted by Gasteiger charge is -2.20. The van der Waals surface area contributed by atoms with Crippen molar-refractivity contribution in [3.05, 3.63) is 52.3 Å². The molecule has 3 rings (SSSR count). The summed E-state index contributed by atoms with van der Waals surface area (Å²) in [6.45, 7) is 5.58. The Morgan fingerprint density at radius 1 is 1.26 bits per heavy atom. The van der Waals surface area contributed by atoms with Gasteiger partial charge in [0.1, 0.15) is 0 Å². The van der Waals surface area contributed by atoms with Gasteiger partial charge in [-0.2, -0.15) is 18.2 Å². The predicted molar refractivity (Wildman–Crippen MR) is 113 cm³/mol. The smallest absolute Gasteiger partial charge is 0.349 e. The average Bonchev–Trinajstić information content (AvgIpc) is 3.13. The van der Waals surface area contributed by atoms with Crippen molar-refractivity contribution in [2.75, 3.05) is 6.26 Å². The Hall–Kier alpha value is -2.62.